The minimum atomic E-state index is 0.727. The van der Waals surface area contributed by atoms with Crippen molar-refractivity contribution in [2.75, 3.05) is 18.0 Å². The van der Waals surface area contributed by atoms with Gasteiger partial charge in [0, 0.05) is 25.0 Å². The van der Waals surface area contributed by atoms with Gasteiger partial charge in [0.05, 0.1) is 5.02 Å². The number of fused-ring (bicyclic) bond motifs is 1. The number of rotatable bonds is 4. The Bertz CT molecular complexity index is 627. The molecule has 0 unspecified atom stereocenters. The maximum absolute atomic E-state index is 6.25. The van der Waals surface area contributed by atoms with Crippen molar-refractivity contribution in [3.05, 3.63) is 52.7 Å². The van der Waals surface area contributed by atoms with Gasteiger partial charge >= 0.3 is 0 Å². The topological polar surface area (TPSA) is 28.2 Å². The van der Waals surface area contributed by atoms with Gasteiger partial charge in [0.25, 0.3) is 0 Å². The molecule has 3 rings (SSSR count). The average molecular weight is 302 g/mol. The fourth-order valence-corrected chi connectivity index (χ4v) is 2.95. The first-order chi connectivity index (χ1) is 10.3. The monoisotopic (exact) mass is 301 g/mol. The zero-order valence-electron chi connectivity index (χ0n) is 12.3. The van der Waals surface area contributed by atoms with E-state index in [4.69, 9.17) is 11.6 Å². The van der Waals surface area contributed by atoms with Crippen molar-refractivity contribution in [2.45, 2.75) is 26.3 Å². The number of aromatic nitrogens is 1. The number of benzene rings is 1. The van der Waals surface area contributed by atoms with Gasteiger partial charge in [0.15, 0.2) is 0 Å². The van der Waals surface area contributed by atoms with Crippen LogP contribution in [0.25, 0.3) is 0 Å². The average Bonchev–Trinajstić information content (AvgIpc) is 2.54. The summed E-state index contributed by atoms with van der Waals surface area (Å²) in [4.78, 5) is 6.83. The SMILES string of the molecule is CCNCc1cc(N2CCCc3ccccc32)ncc1Cl. The van der Waals surface area contributed by atoms with E-state index < -0.39 is 0 Å². The van der Waals surface area contributed by atoms with Crippen LogP contribution in [-0.4, -0.2) is 18.1 Å². The van der Waals surface area contributed by atoms with Crippen LogP contribution in [0.3, 0.4) is 0 Å². The van der Waals surface area contributed by atoms with Crippen molar-refractivity contribution < 1.29 is 0 Å². The van der Waals surface area contributed by atoms with E-state index in [0.717, 1.165) is 48.9 Å². The maximum atomic E-state index is 6.25. The van der Waals surface area contributed by atoms with E-state index in [2.05, 4.69) is 52.5 Å². The molecule has 110 valence electrons. The molecule has 0 saturated carbocycles. The number of halogens is 1. The molecule has 21 heavy (non-hydrogen) atoms. The third-order valence-electron chi connectivity index (χ3n) is 3.87. The van der Waals surface area contributed by atoms with Gasteiger partial charge in [-0.05, 0) is 42.6 Å². The molecule has 0 fully saturated rings. The summed E-state index contributed by atoms with van der Waals surface area (Å²) in [6.07, 6.45) is 4.06. The molecule has 1 aliphatic rings. The zero-order chi connectivity index (χ0) is 14.7. The Kier molecular flexibility index (Phi) is 4.42. The van der Waals surface area contributed by atoms with Gasteiger partial charge in [-0.1, -0.05) is 36.7 Å². The van der Waals surface area contributed by atoms with Gasteiger partial charge in [-0.25, -0.2) is 4.98 Å². The number of nitrogens with one attached hydrogen (secondary N) is 1. The van der Waals surface area contributed by atoms with E-state index in [1.807, 2.05) is 0 Å². The second-order valence-corrected chi connectivity index (χ2v) is 5.71. The largest absolute Gasteiger partial charge is 0.326 e. The lowest BCUT2D eigenvalue weighted by Gasteiger charge is -2.30. The summed E-state index contributed by atoms with van der Waals surface area (Å²) in [5.41, 5.74) is 3.77. The minimum Gasteiger partial charge on any atom is -0.326 e. The first kappa shape index (κ1) is 14.4. The Hall–Kier alpha value is -1.58. The molecule has 0 saturated heterocycles. The van der Waals surface area contributed by atoms with Crippen molar-refractivity contribution >= 4 is 23.1 Å². The van der Waals surface area contributed by atoms with E-state index in [0.29, 0.717) is 0 Å². The molecule has 3 nitrogen and oxygen atoms in total. The molecule has 1 aromatic carbocycles. The molecule has 4 heteroatoms. The second-order valence-electron chi connectivity index (χ2n) is 5.30. The van der Waals surface area contributed by atoms with E-state index >= 15 is 0 Å². The summed E-state index contributed by atoms with van der Waals surface area (Å²) in [5, 5.41) is 4.05. The van der Waals surface area contributed by atoms with E-state index in [1.54, 1.807) is 6.20 Å². The minimum absolute atomic E-state index is 0.727. The lowest BCUT2D eigenvalue weighted by molar-refractivity contribution is 0.723. The molecule has 0 bridgehead atoms. The van der Waals surface area contributed by atoms with Crippen LogP contribution in [0.1, 0.15) is 24.5 Å². The lowest BCUT2D eigenvalue weighted by Crippen LogP contribution is -2.25. The predicted octanol–water partition coefficient (Wildman–Crippen LogP) is 3.93. The predicted molar refractivity (Wildman–Crippen MR) is 88.4 cm³/mol. The molecule has 1 N–H and O–H groups in total. The molecular weight excluding hydrogens is 282 g/mol. The van der Waals surface area contributed by atoms with Crippen LogP contribution < -0.4 is 10.2 Å². The number of para-hydroxylation sites is 1. The normalized spacial score (nSPS) is 14.1. The van der Waals surface area contributed by atoms with Crippen LogP contribution in [0.4, 0.5) is 11.5 Å². The molecule has 0 aliphatic carbocycles. The van der Waals surface area contributed by atoms with Crippen LogP contribution in [0.15, 0.2) is 36.5 Å². The van der Waals surface area contributed by atoms with Crippen molar-refractivity contribution in [2.24, 2.45) is 0 Å². The van der Waals surface area contributed by atoms with Crippen LogP contribution in [0.5, 0.6) is 0 Å². The zero-order valence-corrected chi connectivity index (χ0v) is 13.0. The van der Waals surface area contributed by atoms with Crippen LogP contribution in [0.2, 0.25) is 5.02 Å². The van der Waals surface area contributed by atoms with Crippen LogP contribution in [-0.2, 0) is 13.0 Å². The number of anilines is 2. The van der Waals surface area contributed by atoms with E-state index in [-0.39, 0.29) is 0 Å². The quantitative estimate of drug-likeness (QED) is 0.927. The summed E-state index contributed by atoms with van der Waals surface area (Å²) in [6.45, 7) is 4.81. The first-order valence-electron chi connectivity index (χ1n) is 7.50. The van der Waals surface area contributed by atoms with Gasteiger partial charge in [-0.15, -0.1) is 0 Å². The first-order valence-corrected chi connectivity index (χ1v) is 7.88. The highest BCUT2D eigenvalue weighted by Crippen LogP contribution is 2.33. The molecular formula is C17H20ClN3. The van der Waals surface area contributed by atoms with Gasteiger partial charge < -0.3 is 10.2 Å². The highest BCUT2D eigenvalue weighted by Gasteiger charge is 2.19. The third-order valence-corrected chi connectivity index (χ3v) is 4.21. The van der Waals surface area contributed by atoms with Crippen molar-refractivity contribution in [1.82, 2.24) is 10.3 Å². The summed E-state index contributed by atoms with van der Waals surface area (Å²) in [5.74, 6) is 0.986. The number of hydrogen-bond acceptors (Lipinski definition) is 3. The van der Waals surface area contributed by atoms with Crippen molar-refractivity contribution in [1.29, 1.82) is 0 Å². The standard InChI is InChI=1S/C17H20ClN3/c1-2-19-11-14-10-17(20-12-15(14)18)21-9-5-7-13-6-3-4-8-16(13)21/h3-4,6,8,10,12,19H,2,5,7,9,11H2,1H3. The molecule has 0 radical (unpaired) electrons. The molecule has 1 aromatic heterocycles. The van der Waals surface area contributed by atoms with Crippen LogP contribution >= 0.6 is 11.6 Å². The summed E-state index contributed by atoms with van der Waals surface area (Å²) in [6, 6.07) is 10.7. The number of nitrogens with zero attached hydrogens (tertiary/aromatic N) is 2. The number of hydrogen-bond donors (Lipinski definition) is 1. The molecule has 2 aromatic rings. The molecule has 0 amide bonds. The van der Waals surface area contributed by atoms with Gasteiger partial charge in [-0.3, -0.25) is 0 Å². The fraction of sp³-hybridized carbons (Fsp3) is 0.353. The van der Waals surface area contributed by atoms with E-state index in [9.17, 15) is 0 Å². The fourth-order valence-electron chi connectivity index (χ4n) is 2.78. The summed E-state index contributed by atoms with van der Waals surface area (Å²) >= 11 is 6.25. The van der Waals surface area contributed by atoms with Gasteiger partial charge in [-0.2, -0.15) is 0 Å². The van der Waals surface area contributed by atoms with Crippen molar-refractivity contribution in [3.63, 3.8) is 0 Å². The van der Waals surface area contributed by atoms with Gasteiger partial charge in [0.1, 0.15) is 5.82 Å². The number of pyridine rings is 1. The molecule has 0 spiro atoms. The molecule has 0 atom stereocenters. The van der Waals surface area contributed by atoms with Crippen LogP contribution in [0, 0.1) is 0 Å². The van der Waals surface area contributed by atoms with E-state index in [1.165, 1.54) is 11.3 Å². The third kappa shape index (κ3) is 3.04. The second kappa shape index (κ2) is 6.46. The molecule has 2 heterocycles. The van der Waals surface area contributed by atoms with Gasteiger partial charge in [0.2, 0.25) is 0 Å². The van der Waals surface area contributed by atoms with Crippen molar-refractivity contribution in [3.8, 4) is 0 Å². The Morgan fingerprint density at radius 1 is 1.33 bits per heavy atom. The highest BCUT2D eigenvalue weighted by molar-refractivity contribution is 6.31. The Morgan fingerprint density at radius 3 is 3.05 bits per heavy atom. The lowest BCUT2D eigenvalue weighted by atomic mass is 10.0. The highest BCUT2D eigenvalue weighted by atomic mass is 35.5. The summed E-state index contributed by atoms with van der Waals surface area (Å²) < 4.78 is 0. The molecule has 1 aliphatic heterocycles. The Labute approximate surface area is 131 Å². The maximum Gasteiger partial charge on any atom is 0.133 e. The smallest absolute Gasteiger partial charge is 0.133 e. The Balaban J connectivity index is 1.94. The Morgan fingerprint density at radius 2 is 2.19 bits per heavy atom. The summed E-state index contributed by atoms with van der Waals surface area (Å²) in [7, 11) is 0. The number of aryl methyl sites for hydroxylation is 1.